The van der Waals surface area contributed by atoms with Crippen LogP contribution in [-0.4, -0.2) is 0 Å². The molecular weight excluding hydrogens is 845 g/mol. The maximum absolute atomic E-state index is 4.58. The largest absolute Gasteiger partial charge is 0.310 e. The zero-order chi connectivity index (χ0) is 47.2. The number of fused-ring (bicyclic) bond motifs is 9. The Morgan fingerprint density at radius 1 is 0.429 bits per heavy atom. The monoisotopic (exact) mass is 896 g/mol. The van der Waals surface area contributed by atoms with E-state index in [1.54, 1.807) is 0 Å². The summed E-state index contributed by atoms with van der Waals surface area (Å²) in [5.74, 6) is 0. The summed E-state index contributed by atoms with van der Waals surface area (Å²) in [7, 11) is 0. The second kappa shape index (κ2) is 17.7. The van der Waals surface area contributed by atoms with Gasteiger partial charge in [-0.15, -0.1) is 0 Å². The number of nitrogens with zero attached hydrogens (tertiary/aromatic N) is 2. The second-order valence-corrected chi connectivity index (χ2v) is 18.9. The highest BCUT2D eigenvalue weighted by Gasteiger charge is 2.39. The molecule has 0 heterocycles. The minimum absolute atomic E-state index is 0.265. The van der Waals surface area contributed by atoms with Gasteiger partial charge in [0.05, 0.1) is 11.4 Å². The first-order valence-electron chi connectivity index (χ1n) is 24.3. The lowest BCUT2D eigenvalue weighted by Crippen LogP contribution is -2.17. The van der Waals surface area contributed by atoms with Crippen molar-refractivity contribution in [1.29, 1.82) is 0 Å². The van der Waals surface area contributed by atoms with Crippen LogP contribution in [0.25, 0.3) is 60.1 Å². The molecule has 12 rings (SSSR count). The standard InChI is InChI=1S/C68H52N2/c1-47-23-9-4-10-24-48(39-43-64(47)69(51-25-11-5-12-26-51)52-27-13-6-14-28-52)49-37-41-61-63(46-49)68(2,3)67-60-40-38-50(45-62(60)57-34-20-22-36-59(57)66(61)67)55-42-44-65(58-35-21-19-33-56(55)58)70(53-29-15-7-16-30-53)54-31-17-8-18-32-54/h4-23,25-46H,1,24H2,2-3H3/b10-4-,23-9-,48-39+,64-43?. The quantitative estimate of drug-likeness (QED) is 0.140. The lowest BCUT2D eigenvalue weighted by Gasteiger charge is -2.28. The van der Waals surface area contributed by atoms with Gasteiger partial charge in [-0.1, -0.05) is 202 Å². The van der Waals surface area contributed by atoms with Gasteiger partial charge >= 0.3 is 0 Å². The lowest BCUT2D eigenvalue weighted by atomic mass is 9.78. The molecule has 2 aliphatic rings. The summed E-state index contributed by atoms with van der Waals surface area (Å²) in [5, 5.41) is 7.59. The maximum Gasteiger partial charge on any atom is 0.0540 e. The Kier molecular flexibility index (Phi) is 10.8. The molecule has 0 atom stereocenters. The average molecular weight is 897 g/mol. The molecule has 0 amide bonds. The molecule has 70 heavy (non-hydrogen) atoms. The van der Waals surface area contributed by atoms with Crippen molar-refractivity contribution in [2.45, 2.75) is 25.7 Å². The van der Waals surface area contributed by atoms with Gasteiger partial charge < -0.3 is 9.80 Å². The van der Waals surface area contributed by atoms with Crippen LogP contribution in [0.15, 0.2) is 273 Å². The van der Waals surface area contributed by atoms with Gasteiger partial charge in [-0.2, -0.15) is 0 Å². The fourth-order valence-corrected chi connectivity index (χ4v) is 11.1. The van der Waals surface area contributed by atoms with Crippen molar-refractivity contribution >= 4 is 66.3 Å². The van der Waals surface area contributed by atoms with Crippen LogP contribution >= 0.6 is 0 Å². The van der Waals surface area contributed by atoms with Crippen molar-refractivity contribution in [2.75, 3.05) is 9.80 Å². The molecule has 0 unspecified atom stereocenters. The van der Waals surface area contributed by atoms with Gasteiger partial charge in [0.15, 0.2) is 0 Å². The minimum atomic E-state index is -0.265. The molecule has 0 N–H and O–H groups in total. The predicted octanol–water partition coefficient (Wildman–Crippen LogP) is 18.8. The molecule has 2 aliphatic carbocycles. The van der Waals surface area contributed by atoms with Gasteiger partial charge in [-0.3, -0.25) is 0 Å². The highest BCUT2D eigenvalue weighted by atomic mass is 15.2. The van der Waals surface area contributed by atoms with Gasteiger partial charge in [0, 0.05) is 33.6 Å². The number of anilines is 5. The van der Waals surface area contributed by atoms with Crippen LogP contribution in [0, 0.1) is 0 Å². The third-order valence-corrected chi connectivity index (χ3v) is 14.4. The third kappa shape index (κ3) is 7.37. The smallest absolute Gasteiger partial charge is 0.0540 e. The second-order valence-electron chi connectivity index (χ2n) is 18.9. The van der Waals surface area contributed by atoms with E-state index in [1.165, 1.54) is 76.8 Å². The first-order valence-corrected chi connectivity index (χ1v) is 24.3. The molecule has 2 heteroatoms. The van der Waals surface area contributed by atoms with Crippen molar-refractivity contribution in [3.05, 3.63) is 289 Å². The van der Waals surface area contributed by atoms with Crippen LogP contribution < -0.4 is 9.80 Å². The van der Waals surface area contributed by atoms with Crippen LogP contribution in [0.4, 0.5) is 28.4 Å². The summed E-state index contributed by atoms with van der Waals surface area (Å²) in [6.07, 6.45) is 14.0. The van der Waals surface area contributed by atoms with E-state index in [2.05, 4.69) is 285 Å². The first kappa shape index (κ1) is 42.6. The number of rotatable bonds is 8. The van der Waals surface area contributed by atoms with Crippen molar-refractivity contribution in [3.8, 4) is 22.3 Å². The van der Waals surface area contributed by atoms with Crippen molar-refractivity contribution in [1.82, 2.24) is 0 Å². The topological polar surface area (TPSA) is 6.48 Å². The minimum Gasteiger partial charge on any atom is -0.310 e. The fourth-order valence-electron chi connectivity index (χ4n) is 11.1. The van der Waals surface area contributed by atoms with E-state index < -0.39 is 0 Å². The van der Waals surface area contributed by atoms with Gasteiger partial charge in [-0.05, 0) is 156 Å². The Hall–Kier alpha value is -8.72. The van der Waals surface area contributed by atoms with Crippen LogP contribution in [-0.2, 0) is 5.41 Å². The third-order valence-electron chi connectivity index (χ3n) is 14.4. The van der Waals surface area contributed by atoms with Gasteiger partial charge in [0.1, 0.15) is 0 Å². The molecule has 0 fully saturated rings. The Labute approximate surface area is 411 Å². The number of hydrogen-bond donors (Lipinski definition) is 0. The molecule has 2 nitrogen and oxygen atoms in total. The summed E-state index contributed by atoms with van der Waals surface area (Å²) in [6, 6.07) is 79.5. The van der Waals surface area contributed by atoms with Crippen LogP contribution in [0.3, 0.4) is 0 Å². The highest BCUT2D eigenvalue weighted by Crippen LogP contribution is 2.55. The maximum atomic E-state index is 4.58. The lowest BCUT2D eigenvalue weighted by molar-refractivity contribution is 0.666. The molecule has 0 aliphatic heterocycles. The molecular formula is C68H52N2. The highest BCUT2D eigenvalue weighted by molar-refractivity contribution is 6.19. The van der Waals surface area contributed by atoms with E-state index in [-0.39, 0.29) is 5.41 Å². The zero-order valence-electron chi connectivity index (χ0n) is 39.6. The van der Waals surface area contributed by atoms with Crippen LogP contribution in [0.1, 0.15) is 37.0 Å². The van der Waals surface area contributed by atoms with Gasteiger partial charge in [0.25, 0.3) is 0 Å². The summed E-state index contributed by atoms with van der Waals surface area (Å²) >= 11 is 0. The Morgan fingerprint density at radius 2 is 0.971 bits per heavy atom. The van der Waals surface area contributed by atoms with E-state index in [0.29, 0.717) is 0 Å². The van der Waals surface area contributed by atoms with E-state index >= 15 is 0 Å². The van der Waals surface area contributed by atoms with Gasteiger partial charge in [-0.25, -0.2) is 0 Å². The van der Waals surface area contributed by atoms with Crippen LogP contribution in [0.5, 0.6) is 0 Å². The Bertz CT molecular complexity index is 3680. The summed E-state index contributed by atoms with van der Waals surface area (Å²) < 4.78 is 0. The number of benzene rings is 10. The van der Waals surface area contributed by atoms with Gasteiger partial charge in [0.2, 0.25) is 0 Å². The summed E-state index contributed by atoms with van der Waals surface area (Å²) in [6.45, 7) is 9.43. The average Bonchev–Trinajstić information content (AvgIpc) is 3.66. The molecule has 0 bridgehead atoms. The van der Waals surface area contributed by atoms with E-state index in [4.69, 9.17) is 0 Å². The zero-order valence-corrected chi connectivity index (χ0v) is 39.6. The van der Waals surface area contributed by atoms with E-state index in [9.17, 15) is 0 Å². The first-order chi connectivity index (χ1) is 34.4. The normalized spacial score (nSPS) is 15.7. The molecule has 0 aromatic heterocycles. The summed E-state index contributed by atoms with van der Waals surface area (Å²) in [4.78, 5) is 4.68. The molecule has 0 spiro atoms. The summed E-state index contributed by atoms with van der Waals surface area (Å²) in [5.41, 5.74) is 17.6. The molecule has 0 radical (unpaired) electrons. The van der Waals surface area contributed by atoms with Crippen molar-refractivity contribution in [3.63, 3.8) is 0 Å². The Balaban J connectivity index is 0.975. The SMILES string of the molecule is C=C1/C=C\C=C/C/C(c2ccc3c(c2)C(C)(C)c2c-3c3ccccc3c3cc(-c4ccc(N(c5ccccc5)c5ccccc5)c5ccccc45)ccc23)=C\C=C1N(c1ccccc1)c1ccccc1. The molecule has 334 valence electrons. The Morgan fingerprint density at radius 3 is 1.61 bits per heavy atom. The number of hydrogen-bond acceptors (Lipinski definition) is 2. The molecule has 10 aromatic rings. The predicted molar refractivity (Wildman–Crippen MR) is 300 cm³/mol. The van der Waals surface area contributed by atoms with Crippen molar-refractivity contribution < 1.29 is 0 Å². The van der Waals surface area contributed by atoms with Crippen molar-refractivity contribution in [2.24, 2.45) is 0 Å². The molecule has 10 aromatic carbocycles. The molecule has 0 saturated heterocycles. The van der Waals surface area contributed by atoms with E-state index in [0.717, 1.165) is 46.1 Å². The number of para-hydroxylation sites is 4. The van der Waals surface area contributed by atoms with E-state index in [1.807, 2.05) is 0 Å². The fraction of sp³-hybridized carbons (Fsp3) is 0.0588. The molecule has 0 saturated carbocycles. The number of allylic oxidation sites excluding steroid dienone is 7. The van der Waals surface area contributed by atoms with Crippen LogP contribution in [0.2, 0.25) is 0 Å².